The van der Waals surface area contributed by atoms with Crippen molar-refractivity contribution in [1.82, 2.24) is 15.3 Å². The van der Waals surface area contributed by atoms with Crippen molar-refractivity contribution in [1.29, 1.82) is 0 Å². The minimum absolute atomic E-state index is 0.235. The molecule has 0 atom stereocenters. The van der Waals surface area contributed by atoms with Gasteiger partial charge < -0.3 is 15.5 Å². The monoisotopic (exact) mass is 371 g/mol. The fraction of sp³-hybridized carbons (Fsp3) is 0.450. The smallest absolute Gasteiger partial charge is 0.251 e. The zero-order chi connectivity index (χ0) is 19.4. The molecule has 6 nitrogen and oxygen atoms in total. The lowest BCUT2D eigenvalue weighted by Crippen LogP contribution is -2.31. The molecule has 1 aromatic heterocycles. The fourth-order valence-electron chi connectivity index (χ4n) is 3.32. The number of nitrogens with zero attached hydrogens (tertiary/aromatic N) is 3. The number of carbonyl (C=O) groups excluding carboxylic acids is 1. The van der Waals surface area contributed by atoms with Crippen LogP contribution in [0.4, 0.5) is 16.0 Å². The van der Waals surface area contributed by atoms with Crippen molar-refractivity contribution in [2.24, 2.45) is 0 Å². The van der Waals surface area contributed by atoms with Crippen LogP contribution in [-0.2, 0) is 6.54 Å². The van der Waals surface area contributed by atoms with Gasteiger partial charge in [0.25, 0.3) is 5.91 Å². The molecule has 144 valence electrons. The first-order chi connectivity index (χ1) is 13.0. The van der Waals surface area contributed by atoms with Crippen LogP contribution in [0.25, 0.3) is 0 Å². The van der Waals surface area contributed by atoms with Gasteiger partial charge in [-0.3, -0.25) is 4.79 Å². The summed E-state index contributed by atoms with van der Waals surface area (Å²) < 4.78 is 14.3. The summed E-state index contributed by atoms with van der Waals surface area (Å²) in [7, 11) is 1.56. The number of anilines is 2. The Balaban J connectivity index is 1.78. The van der Waals surface area contributed by atoms with E-state index < -0.39 is 0 Å². The van der Waals surface area contributed by atoms with Crippen molar-refractivity contribution in [2.45, 2.75) is 39.7 Å². The van der Waals surface area contributed by atoms with Crippen molar-refractivity contribution < 1.29 is 9.18 Å². The number of amides is 1. The van der Waals surface area contributed by atoms with Gasteiger partial charge in [-0.15, -0.1) is 0 Å². The van der Waals surface area contributed by atoms with Crippen LogP contribution in [0.5, 0.6) is 0 Å². The SMILES string of the molecule is CNC(=O)c1cc(NCc2cc(C)nc(N3CCCCC3)n2)c(F)cc1C. The van der Waals surface area contributed by atoms with Crippen molar-refractivity contribution >= 4 is 17.5 Å². The molecule has 0 radical (unpaired) electrons. The first-order valence-corrected chi connectivity index (χ1v) is 9.33. The van der Waals surface area contributed by atoms with Gasteiger partial charge in [-0.05, 0) is 56.9 Å². The van der Waals surface area contributed by atoms with Crippen LogP contribution in [0.15, 0.2) is 18.2 Å². The Kier molecular flexibility index (Phi) is 5.88. The standard InChI is InChI=1S/C20H26FN5O/c1-13-9-17(21)18(11-16(13)19(27)22-3)23-12-15-10-14(2)24-20(25-15)26-7-5-4-6-8-26/h9-11,23H,4-8,12H2,1-3H3,(H,22,27). The zero-order valence-electron chi connectivity index (χ0n) is 16.1. The summed E-state index contributed by atoms with van der Waals surface area (Å²) in [6.45, 7) is 5.96. The highest BCUT2D eigenvalue weighted by Crippen LogP contribution is 2.22. The number of halogens is 1. The predicted octanol–water partition coefficient (Wildman–Crippen LogP) is 3.19. The Bertz CT molecular complexity index is 833. The van der Waals surface area contributed by atoms with E-state index in [0.717, 1.165) is 43.3 Å². The second kappa shape index (κ2) is 8.33. The van der Waals surface area contributed by atoms with Gasteiger partial charge in [0.2, 0.25) is 5.95 Å². The van der Waals surface area contributed by atoms with Crippen LogP contribution in [0.2, 0.25) is 0 Å². The summed E-state index contributed by atoms with van der Waals surface area (Å²) in [4.78, 5) is 23.3. The van der Waals surface area contributed by atoms with Crippen LogP contribution in [0, 0.1) is 19.7 Å². The largest absolute Gasteiger partial charge is 0.377 e. The topological polar surface area (TPSA) is 70.2 Å². The van der Waals surface area contributed by atoms with E-state index >= 15 is 0 Å². The van der Waals surface area contributed by atoms with Crippen LogP contribution < -0.4 is 15.5 Å². The molecule has 2 aromatic rings. The maximum Gasteiger partial charge on any atom is 0.251 e. The molecule has 1 amide bonds. The maximum atomic E-state index is 14.3. The van der Waals surface area contributed by atoms with Gasteiger partial charge in [0.05, 0.1) is 17.9 Å². The number of hydrogen-bond acceptors (Lipinski definition) is 5. The summed E-state index contributed by atoms with van der Waals surface area (Å²) in [5.74, 6) is 0.116. The van der Waals surface area contributed by atoms with Crippen LogP contribution in [-0.4, -0.2) is 36.0 Å². The predicted molar refractivity (Wildman–Crippen MR) is 105 cm³/mol. The molecule has 2 N–H and O–H groups in total. The van der Waals surface area contributed by atoms with E-state index in [1.807, 2.05) is 13.0 Å². The normalized spacial score (nSPS) is 14.1. The number of carbonyl (C=O) groups is 1. The van der Waals surface area contributed by atoms with E-state index in [2.05, 4.69) is 25.5 Å². The van der Waals surface area contributed by atoms with Gasteiger partial charge >= 0.3 is 0 Å². The summed E-state index contributed by atoms with van der Waals surface area (Å²) in [6.07, 6.45) is 3.56. The average molecular weight is 371 g/mol. The average Bonchev–Trinajstić information content (AvgIpc) is 2.67. The Hall–Kier alpha value is -2.70. The molecule has 1 aliphatic rings. The Labute approximate surface area is 159 Å². The van der Waals surface area contributed by atoms with Gasteiger partial charge in [0.15, 0.2) is 0 Å². The second-order valence-corrected chi connectivity index (χ2v) is 6.93. The Morgan fingerprint density at radius 3 is 2.59 bits per heavy atom. The minimum Gasteiger partial charge on any atom is -0.377 e. The first kappa shape index (κ1) is 19.1. The number of benzene rings is 1. The molecular formula is C20H26FN5O. The van der Waals surface area contributed by atoms with Crippen molar-refractivity contribution in [3.8, 4) is 0 Å². The van der Waals surface area contributed by atoms with E-state index in [9.17, 15) is 9.18 Å². The first-order valence-electron chi connectivity index (χ1n) is 9.33. The lowest BCUT2D eigenvalue weighted by Gasteiger charge is -2.27. The lowest BCUT2D eigenvalue weighted by molar-refractivity contribution is 0.0962. The van der Waals surface area contributed by atoms with Gasteiger partial charge in [-0.2, -0.15) is 0 Å². The second-order valence-electron chi connectivity index (χ2n) is 6.93. The van der Waals surface area contributed by atoms with Crippen molar-refractivity contribution in [2.75, 3.05) is 30.4 Å². The summed E-state index contributed by atoms with van der Waals surface area (Å²) in [5, 5.41) is 5.65. The molecule has 0 unspecified atom stereocenters. The van der Waals surface area contributed by atoms with Crippen molar-refractivity contribution in [3.63, 3.8) is 0 Å². The van der Waals surface area contributed by atoms with Gasteiger partial charge in [0.1, 0.15) is 5.82 Å². The third kappa shape index (κ3) is 4.53. The summed E-state index contributed by atoms with van der Waals surface area (Å²) >= 11 is 0. The molecule has 1 fully saturated rings. The van der Waals surface area contributed by atoms with E-state index in [0.29, 0.717) is 17.7 Å². The van der Waals surface area contributed by atoms with E-state index in [1.54, 1.807) is 20.0 Å². The van der Waals surface area contributed by atoms with Crippen LogP contribution in [0.1, 0.15) is 46.6 Å². The van der Waals surface area contributed by atoms with Crippen molar-refractivity contribution in [3.05, 3.63) is 46.5 Å². The number of rotatable bonds is 5. The highest BCUT2D eigenvalue weighted by atomic mass is 19.1. The fourth-order valence-corrected chi connectivity index (χ4v) is 3.32. The highest BCUT2D eigenvalue weighted by Gasteiger charge is 2.16. The molecule has 1 saturated heterocycles. The molecule has 0 bridgehead atoms. The number of hydrogen-bond donors (Lipinski definition) is 2. The van der Waals surface area contributed by atoms with E-state index in [-0.39, 0.29) is 17.4 Å². The Morgan fingerprint density at radius 2 is 1.89 bits per heavy atom. The quantitative estimate of drug-likeness (QED) is 0.845. The molecule has 27 heavy (non-hydrogen) atoms. The van der Waals surface area contributed by atoms with E-state index in [1.165, 1.54) is 12.5 Å². The molecule has 7 heteroatoms. The summed E-state index contributed by atoms with van der Waals surface area (Å²) in [6, 6.07) is 4.81. The van der Waals surface area contributed by atoms with Gasteiger partial charge in [-0.1, -0.05) is 0 Å². The molecular weight excluding hydrogens is 345 g/mol. The number of aromatic nitrogens is 2. The highest BCUT2D eigenvalue weighted by molar-refractivity contribution is 5.96. The number of aryl methyl sites for hydroxylation is 2. The molecule has 3 rings (SSSR count). The molecule has 1 aliphatic heterocycles. The van der Waals surface area contributed by atoms with Gasteiger partial charge in [0, 0.05) is 31.4 Å². The van der Waals surface area contributed by atoms with Crippen LogP contribution in [0.3, 0.4) is 0 Å². The number of piperidine rings is 1. The minimum atomic E-state index is -0.387. The maximum absolute atomic E-state index is 14.3. The third-order valence-corrected chi connectivity index (χ3v) is 4.78. The summed E-state index contributed by atoms with van der Waals surface area (Å²) in [5.41, 5.74) is 3.02. The van der Waals surface area contributed by atoms with E-state index in [4.69, 9.17) is 0 Å². The third-order valence-electron chi connectivity index (χ3n) is 4.78. The Morgan fingerprint density at radius 1 is 1.15 bits per heavy atom. The molecule has 1 aromatic carbocycles. The van der Waals surface area contributed by atoms with Crippen LogP contribution >= 0.6 is 0 Å². The van der Waals surface area contributed by atoms with Gasteiger partial charge in [-0.25, -0.2) is 14.4 Å². The molecule has 0 saturated carbocycles. The molecule has 2 heterocycles. The molecule has 0 spiro atoms. The molecule has 0 aliphatic carbocycles. The lowest BCUT2D eigenvalue weighted by atomic mass is 10.1. The zero-order valence-corrected chi connectivity index (χ0v) is 16.1. The number of nitrogens with one attached hydrogen (secondary N) is 2.